The number of fused-ring (bicyclic) bond motifs is 5. The summed E-state index contributed by atoms with van der Waals surface area (Å²) in [4.78, 5) is 2.50. The molecule has 0 aromatic heterocycles. The maximum Gasteiger partial charge on any atom is 0.0540 e. The number of para-hydroxylation sites is 1. The second kappa shape index (κ2) is 13.0. The van der Waals surface area contributed by atoms with Crippen molar-refractivity contribution in [3.63, 3.8) is 0 Å². The fourth-order valence-corrected chi connectivity index (χ4v) is 9.40. The van der Waals surface area contributed by atoms with Crippen molar-refractivity contribution in [3.05, 3.63) is 198 Å². The van der Waals surface area contributed by atoms with Crippen molar-refractivity contribution in [2.24, 2.45) is 0 Å². The van der Waals surface area contributed by atoms with E-state index in [0.29, 0.717) is 0 Å². The first-order chi connectivity index (χ1) is 26.6. The molecule has 0 heterocycles. The van der Waals surface area contributed by atoms with E-state index in [2.05, 4.69) is 195 Å². The van der Waals surface area contributed by atoms with Crippen molar-refractivity contribution in [3.8, 4) is 44.5 Å². The van der Waals surface area contributed by atoms with Gasteiger partial charge < -0.3 is 4.90 Å². The van der Waals surface area contributed by atoms with E-state index in [1.165, 1.54) is 102 Å². The van der Waals surface area contributed by atoms with Gasteiger partial charge in [-0.15, -0.1) is 0 Å². The minimum Gasteiger partial charge on any atom is -0.310 e. The Balaban J connectivity index is 1.13. The molecule has 0 saturated heterocycles. The van der Waals surface area contributed by atoms with Crippen molar-refractivity contribution in [1.82, 2.24) is 0 Å². The molecule has 0 bridgehead atoms. The second-order valence-corrected chi connectivity index (χ2v) is 15.5. The minimum absolute atomic E-state index is 0.0948. The molecule has 1 nitrogen and oxygen atoms in total. The molecule has 0 radical (unpaired) electrons. The maximum atomic E-state index is 2.50. The Bertz CT molecular complexity index is 2680. The average molecular weight is 694 g/mol. The lowest BCUT2D eigenvalue weighted by Crippen LogP contribution is -2.17. The number of benzene rings is 8. The molecule has 0 saturated carbocycles. The van der Waals surface area contributed by atoms with Gasteiger partial charge >= 0.3 is 0 Å². The molecule has 0 atom stereocenters. The highest BCUT2D eigenvalue weighted by atomic mass is 15.1. The Morgan fingerprint density at radius 1 is 0.407 bits per heavy atom. The summed E-state index contributed by atoms with van der Waals surface area (Å²) in [5, 5.41) is 2.54. The first-order valence-corrected chi connectivity index (χ1v) is 19.5. The van der Waals surface area contributed by atoms with Gasteiger partial charge in [-0.25, -0.2) is 0 Å². The molecule has 8 aromatic carbocycles. The highest BCUT2D eigenvalue weighted by Crippen LogP contribution is 2.51. The summed E-state index contributed by atoms with van der Waals surface area (Å²) in [6, 6.07) is 65.4. The normalized spacial score (nSPS) is 14.0. The van der Waals surface area contributed by atoms with E-state index in [1.807, 2.05) is 0 Å². The lowest BCUT2D eigenvalue weighted by Gasteiger charge is -2.31. The van der Waals surface area contributed by atoms with E-state index in [-0.39, 0.29) is 5.41 Å². The maximum absolute atomic E-state index is 2.50. The Hall–Kier alpha value is -6.18. The molecule has 54 heavy (non-hydrogen) atoms. The molecule has 10 rings (SSSR count). The van der Waals surface area contributed by atoms with Crippen LogP contribution in [0.25, 0.3) is 55.3 Å². The Morgan fingerprint density at radius 2 is 0.981 bits per heavy atom. The van der Waals surface area contributed by atoms with E-state index < -0.39 is 0 Å². The fourth-order valence-electron chi connectivity index (χ4n) is 9.40. The predicted molar refractivity (Wildman–Crippen MR) is 229 cm³/mol. The summed E-state index contributed by atoms with van der Waals surface area (Å²) < 4.78 is 0. The van der Waals surface area contributed by atoms with Gasteiger partial charge in [0.1, 0.15) is 0 Å². The van der Waals surface area contributed by atoms with Crippen LogP contribution in [-0.4, -0.2) is 0 Å². The fraction of sp³-hybridized carbons (Fsp3) is 0.132. The summed E-state index contributed by atoms with van der Waals surface area (Å²) in [7, 11) is 0. The minimum atomic E-state index is -0.0948. The van der Waals surface area contributed by atoms with Crippen LogP contribution in [0.2, 0.25) is 0 Å². The van der Waals surface area contributed by atoms with Crippen molar-refractivity contribution < 1.29 is 0 Å². The first-order valence-electron chi connectivity index (χ1n) is 19.5. The van der Waals surface area contributed by atoms with E-state index >= 15 is 0 Å². The molecule has 0 aliphatic heterocycles. The van der Waals surface area contributed by atoms with Crippen LogP contribution < -0.4 is 4.90 Å². The molecule has 2 aliphatic carbocycles. The molecule has 8 aromatic rings. The highest BCUT2D eigenvalue weighted by Gasteiger charge is 2.36. The van der Waals surface area contributed by atoms with Gasteiger partial charge in [-0.2, -0.15) is 0 Å². The van der Waals surface area contributed by atoms with Crippen LogP contribution in [-0.2, 0) is 18.3 Å². The quantitative estimate of drug-likeness (QED) is 0.168. The van der Waals surface area contributed by atoms with E-state index in [0.717, 1.165) is 18.5 Å². The van der Waals surface area contributed by atoms with Crippen LogP contribution in [0.3, 0.4) is 0 Å². The van der Waals surface area contributed by atoms with Crippen LogP contribution in [0.5, 0.6) is 0 Å². The molecule has 0 amide bonds. The molecule has 260 valence electrons. The van der Waals surface area contributed by atoms with Crippen molar-refractivity contribution >= 4 is 27.8 Å². The zero-order valence-electron chi connectivity index (χ0n) is 31.0. The SMILES string of the molecule is CC1(C)c2ccccc2-c2ccc(N(c3ccc(-c4ccc(-c5ccccc5)c5ccccc45)cc3)c3ccccc3-c3cccc4c3CCCC4)cc21. The topological polar surface area (TPSA) is 3.24 Å². The summed E-state index contributed by atoms with van der Waals surface area (Å²) in [6.07, 6.45) is 4.82. The molecule has 0 unspecified atom stereocenters. The van der Waals surface area contributed by atoms with Gasteiger partial charge in [0, 0.05) is 22.4 Å². The van der Waals surface area contributed by atoms with Gasteiger partial charge in [-0.1, -0.05) is 159 Å². The third-order valence-corrected chi connectivity index (χ3v) is 12.1. The number of hydrogen-bond acceptors (Lipinski definition) is 1. The molecular formula is C53H43N. The lowest BCUT2D eigenvalue weighted by molar-refractivity contribution is 0.660. The number of hydrogen-bond donors (Lipinski definition) is 0. The molecule has 1 heteroatoms. The van der Waals surface area contributed by atoms with Crippen molar-refractivity contribution in [2.75, 3.05) is 4.90 Å². The van der Waals surface area contributed by atoms with Crippen LogP contribution in [0.15, 0.2) is 176 Å². The highest BCUT2D eigenvalue weighted by molar-refractivity contribution is 6.05. The van der Waals surface area contributed by atoms with Gasteiger partial charge in [0.15, 0.2) is 0 Å². The largest absolute Gasteiger partial charge is 0.310 e. The first kappa shape index (κ1) is 32.5. The van der Waals surface area contributed by atoms with Gasteiger partial charge in [0.05, 0.1) is 5.69 Å². The van der Waals surface area contributed by atoms with Gasteiger partial charge in [0.25, 0.3) is 0 Å². The Labute approximate surface area is 319 Å². The molecule has 0 fully saturated rings. The van der Waals surface area contributed by atoms with Gasteiger partial charge in [-0.3, -0.25) is 0 Å². The molecule has 0 spiro atoms. The standard InChI is InChI=1S/C53H43N/c1-53(2)50-25-12-10-22-47(50)48-32-31-40(35-51(48)53)54(52-26-13-11-23-49(52)46-24-14-18-37-17-6-7-19-41(37)46)39-29-27-38(28-30-39)43-34-33-42(36-15-4-3-5-16-36)44-20-8-9-21-45(43)44/h3-5,8-16,18,20-35H,6-7,17,19H2,1-2H3. The van der Waals surface area contributed by atoms with Crippen LogP contribution in [0.4, 0.5) is 17.1 Å². The summed E-state index contributed by atoms with van der Waals surface area (Å²) >= 11 is 0. The average Bonchev–Trinajstić information content (AvgIpc) is 3.46. The van der Waals surface area contributed by atoms with Crippen molar-refractivity contribution in [2.45, 2.75) is 44.9 Å². The van der Waals surface area contributed by atoms with E-state index in [9.17, 15) is 0 Å². The number of aryl methyl sites for hydroxylation is 1. The monoisotopic (exact) mass is 693 g/mol. The van der Waals surface area contributed by atoms with Gasteiger partial charge in [-0.05, 0) is 128 Å². The number of anilines is 3. The molecular weight excluding hydrogens is 651 g/mol. The summed E-state index contributed by atoms with van der Waals surface area (Å²) in [6.45, 7) is 4.75. The second-order valence-electron chi connectivity index (χ2n) is 15.5. The number of rotatable bonds is 6. The van der Waals surface area contributed by atoms with E-state index in [4.69, 9.17) is 0 Å². The zero-order chi connectivity index (χ0) is 36.2. The predicted octanol–water partition coefficient (Wildman–Crippen LogP) is 14.5. The van der Waals surface area contributed by atoms with Gasteiger partial charge in [0.2, 0.25) is 0 Å². The third kappa shape index (κ3) is 5.30. The lowest BCUT2D eigenvalue weighted by atomic mass is 9.82. The smallest absolute Gasteiger partial charge is 0.0540 e. The zero-order valence-corrected chi connectivity index (χ0v) is 31.0. The van der Waals surface area contributed by atoms with Crippen LogP contribution in [0, 0.1) is 0 Å². The van der Waals surface area contributed by atoms with Crippen LogP contribution in [0.1, 0.15) is 48.9 Å². The molecule has 0 N–H and O–H groups in total. The Morgan fingerprint density at radius 3 is 1.76 bits per heavy atom. The summed E-state index contributed by atoms with van der Waals surface area (Å²) in [5.74, 6) is 0. The summed E-state index contributed by atoms with van der Waals surface area (Å²) in [5.41, 5.74) is 19.5. The molecule has 2 aliphatic rings. The van der Waals surface area contributed by atoms with Crippen molar-refractivity contribution in [1.29, 1.82) is 0 Å². The Kier molecular flexibility index (Phi) is 7.84. The van der Waals surface area contributed by atoms with E-state index in [1.54, 1.807) is 0 Å². The van der Waals surface area contributed by atoms with Crippen LogP contribution >= 0.6 is 0 Å². The number of nitrogens with zero attached hydrogens (tertiary/aromatic N) is 1. The third-order valence-electron chi connectivity index (χ3n) is 12.1.